The first kappa shape index (κ1) is 19.0. The molecule has 0 atom stereocenters. The van der Waals surface area contributed by atoms with Gasteiger partial charge >= 0.3 is 0 Å². The van der Waals surface area contributed by atoms with E-state index in [9.17, 15) is 4.79 Å². The van der Waals surface area contributed by atoms with Gasteiger partial charge in [-0.2, -0.15) is 0 Å². The van der Waals surface area contributed by atoms with Crippen LogP contribution in [0.4, 0.5) is 11.4 Å². The van der Waals surface area contributed by atoms with Crippen LogP contribution in [0.3, 0.4) is 0 Å². The van der Waals surface area contributed by atoms with Crippen LogP contribution < -0.4 is 11.1 Å². The minimum absolute atomic E-state index is 0.237. The Morgan fingerprint density at radius 2 is 1.90 bits per heavy atom. The zero-order chi connectivity index (χ0) is 21.2. The Kier molecular flexibility index (Phi) is 4.93. The molecule has 0 bridgehead atoms. The molecule has 1 amide bonds. The fourth-order valence-corrected chi connectivity index (χ4v) is 4.26. The largest absolute Gasteiger partial charge is 0.397 e. The third kappa shape index (κ3) is 3.91. The van der Waals surface area contributed by atoms with Crippen LogP contribution >= 0.6 is 11.3 Å². The molecule has 0 fully saturated rings. The van der Waals surface area contributed by atoms with Crippen molar-refractivity contribution < 1.29 is 4.79 Å². The highest BCUT2D eigenvalue weighted by Gasteiger charge is 2.14. The summed E-state index contributed by atoms with van der Waals surface area (Å²) in [5.74, 6) is -0.348. The average molecular weight is 426 g/mol. The van der Waals surface area contributed by atoms with Crippen molar-refractivity contribution in [2.24, 2.45) is 0 Å². The number of benzene rings is 3. The lowest BCUT2D eigenvalue weighted by molar-refractivity contribution is 0.102. The number of nitrogen functional groups attached to an aromatic ring is 1. The lowest BCUT2D eigenvalue weighted by Crippen LogP contribution is -2.13. The van der Waals surface area contributed by atoms with Gasteiger partial charge in [0, 0.05) is 4.88 Å². The molecular formula is C24H19N5OS. The number of rotatable bonds is 5. The first-order valence-corrected chi connectivity index (χ1v) is 10.7. The second kappa shape index (κ2) is 8.04. The van der Waals surface area contributed by atoms with Crippen LogP contribution in [0.25, 0.3) is 21.2 Å². The van der Waals surface area contributed by atoms with Gasteiger partial charge in [-0.25, -0.2) is 4.68 Å². The van der Waals surface area contributed by atoms with Crippen molar-refractivity contribution in [1.29, 1.82) is 0 Å². The predicted octanol–water partition coefficient (Wildman–Crippen LogP) is 5.04. The molecule has 3 aromatic carbocycles. The Balaban J connectivity index is 1.35. The van der Waals surface area contributed by atoms with Crippen LogP contribution in [0.1, 0.15) is 16.1 Å². The Bertz CT molecular complexity index is 1370. The third-order valence-corrected chi connectivity index (χ3v) is 6.01. The average Bonchev–Trinajstić information content (AvgIpc) is 3.48. The maximum atomic E-state index is 12.8. The fraction of sp³-hybridized carbons (Fsp3) is 0.0417. The summed E-state index contributed by atoms with van der Waals surface area (Å²) in [6.07, 6.45) is 1.65. The Hall–Kier alpha value is -3.97. The number of aromatic nitrogens is 3. The quantitative estimate of drug-likeness (QED) is 0.386. The van der Waals surface area contributed by atoms with Gasteiger partial charge < -0.3 is 11.1 Å². The molecule has 152 valence electrons. The Labute approximate surface area is 183 Å². The van der Waals surface area contributed by atoms with E-state index >= 15 is 0 Å². The van der Waals surface area contributed by atoms with Crippen molar-refractivity contribution in [1.82, 2.24) is 15.0 Å². The highest BCUT2D eigenvalue weighted by molar-refractivity contribution is 7.13. The molecule has 0 unspecified atom stereocenters. The van der Waals surface area contributed by atoms with Gasteiger partial charge in [0.1, 0.15) is 0 Å². The van der Waals surface area contributed by atoms with Gasteiger partial charge in [-0.1, -0.05) is 59.8 Å². The molecule has 0 aliphatic rings. The van der Waals surface area contributed by atoms with Crippen molar-refractivity contribution in [3.05, 3.63) is 95.6 Å². The highest BCUT2D eigenvalue weighted by atomic mass is 32.1. The molecule has 31 heavy (non-hydrogen) atoms. The molecule has 7 heteroatoms. The number of hydrogen-bond donors (Lipinski definition) is 2. The lowest BCUT2D eigenvalue weighted by atomic mass is 10.0. The molecule has 0 radical (unpaired) electrons. The Morgan fingerprint density at radius 1 is 1.03 bits per heavy atom. The van der Waals surface area contributed by atoms with Crippen LogP contribution in [0.15, 0.2) is 84.4 Å². The van der Waals surface area contributed by atoms with Gasteiger partial charge in [-0.15, -0.1) is 16.4 Å². The smallest absolute Gasteiger partial charge is 0.277 e. The maximum Gasteiger partial charge on any atom is 0.277 e. The predicted molar refractivity (Wildman–Crippen MR) is 125 cm³/mol. The lowest BCUT2D eigenvalue weighted by Gasteiger charge is -2.09. The van der Waals surface area contributed by atoms with E-state index in [1.54, 1.807) is 28.3 Å². The van der Waals surface area contributed by atoms with Crippen molar-refractivity contribution in [3.63, 3.8) is 0 Å². The molecule has 6 nitrogen and oxygen atoms in total. The molecule has 5 rings (SSSR count). The molecular weight excluding hydrogens is 406 g/mol. The number of nitrogens with two attached hydrogens (primary N) is 1. The van der Waals surface area contributed by atoms with Crippen LogP contribution in [0.2, 0.25) is 0 Å². The first-order chi connectivity index (χ1) is 15.2. The Morgan fingerprint density at radius 3 is 2.77 bits per heavy atom. The fourth-order valence-electron chi connectivity index (χ4n) is 3.53. The highest BCUT2D eigenvalue weighted by Crippen LogP contribution is 2.30. The molecule has 0 aliphatic carbocycles. The molecule has 5 aromatic rings. The standard InChI is InChI=1S/C24H19N5OS/c25-20-11-10-17(23-9-4-12-31-23)13-21(20)26-24(30)22-15-29(28-27-22)14-18-7-3-6-16-5-1-2-8-19(16)18/h1-13,15H,14,25H2,(H,26,30). The van der Waals surface area contributed by atoms with E-state index in [1.807, 2.05) is 47.8 Å². The monoisotopic (exact) mass is 425 g/mol. The van der Waals surface area contributed by atoms with E-state index in [4.69, 9.17) is 5.73 Å². The summed E-state index contributed by atoms with van der Waals surface area (Å²) < 4.78 is 1.67. The minimum Gasteiger partial charge on any atom is -0.397 e. The number of hydrogen-bond acceptors (Lipinski definition) is 5. The molecule has 2 aromatic heterocycles. The summed E-state index contributed by atoms with van der Waals surface area (Å²) in [6.45, 7) is 0.525. The number of nitrogens with zero attached hydrogens (tertiary/aromatic N) is 3. The number of carbonyl (C=O) groups is 1. The van der Waals surface area contributed by atoms with Crippen molar-refractivity contribution in [2.45, 2.75) is 6.54 Å². The number of anilines is 2. The number of carbonyl (C=O) groups excluding carboxylic acids is 1. The number of fused-ring (bicyclic) bond motifs is 1. The van der Waals surface area contributed by atoms with E-state index in [-0.39, 0.29) is 11.6 Å². The summed E-state index contributed by atoms with van der Waals surface area (Å²) in [6, 6.07) is 24.0. The van der Waals surface area contributed by atoms with Gasteiger partial charge in [-0.05, 0) is 45.5 Å². The van der Waals surface area contributed by atoms with E-state index < -0.39 is 0 Å². The summed E-state index contributed by atoms with van der Waals surface area (Å²) in [7, 11) is 0. The normalized spacial score (nSPS) is 11.0. The number of nitrogens with one attached hydrogen (secondary N) is 1. The van der Waals surface area contributed by atoms with Gasteiger partial charge in [0.2, 0.25) is 0 Å². The zero-order valence-corrected chi connectivity index (χ0v) is 17.3. The van der Waals surface area contributed by atoms with Crippen molar-refractivity contribution in [2.75, 3.05) is 11.1 Å². The molecule has 0 spiro atoms. The van der Waals surface area contributed by atoms with E-state index in [0.29, 0.717) is 17.9 Å². The maximum absolute atomic E-state index is 12.8. The van der Waals surface area contributed by atoms with Gasteiger partial charge in [0.15, 0.2) is 5.69 Å². The summed E-state index contributed by atoms with van der Waals surface area (Å²) >= 11 is 1.63. The minimum atomic E-state index is -0.348. The third-order valence-electron chi connectivity index (χ3n) is 5.09. The summed E-state index contributed by atoms with van der Waals surface area (Å²) in [4.78, 5) is 13.9. The van der Waals surface area contributed by atoms with E-state index in [1.165, 1.54) is 5.39 Å². The number of thiophene rings is 1. The molecule has 0 saturated heterocycles. The molecule has 0 aliphatic heterocycles. The SMILES string of the molecule is Nc1ccc(-c2cccs2)cc1NC(=O)c1cn(Cc2cccc3ccccc23)nn1. The van der Waals surface area contributed by atoms with Crippen molar-refractivity contribution >= 4 is 39.4 Å². The van der Waals surface area contributed by atoms with Crippen molar-refractivity contribution in [3.8, 4) is 10.4 Å². The second-order valence-electron chi connectivity index (χ2n) is 7.17. The van der Waals surface area contributed by atoms with Crippen LogP contribution in [-0.2, 0) is 6.54 Å². The topological polar surface area (TPSA) is 85.8 Å². The molecule has 0 saturated carbocycles. The van der Waals surface area contributed by atoms with Gasteiger partial charge in [0.25, 0.3) is 5.91 Å². The van der Waals surface area contributed by atoms with Crippen LogP contribution in [-0.4, -0.2) is 20.9 Å². The first-order valence-electron chi connectivity index (χ1n) is 9.79. The molecule has 3 N–H and O–H groups in total. The summed E-state index contributed by atoms with van der Waals surface area (Å²) in [5, 5.41) is 15.4. The van der Waals surface area contributed by atoms with Gasteiger partial charge in [0.05, 0.1) is 24.1 Å². The van der Waals surface area contributed by atoms with E-state index in [0.717, 1.165) is 21.4 Å². The van der Waals surface area contributed by atoms with E-state index in [2.05, 4.69) is 39.9 Å². The van der Waals surface area contributed by atoms with Crippen LogP contribution in [0, 0.1) is 0 Å². The number of amides is 1. The second-order valence-corrected chi connectivity index (χ2v) is 8.12. The van der Waals surface area contributed by atoms with Crippen LogP contribution in [0.5, 0.6) is 0 Å². The zero-order valence-electron chi connectivity index (χ0n) is 16.5. The summed E-state index contributed by atoms with van der Waals surface area (Å²) in [5.41, 5.74) is 9.48. The van der Waals surface area contributed by atoms with Gasteiger partial charge in [-0.3, -0.25) is 4.79 Å². The molecule has 2 heterocycles.